The summed E-state index contributed by atoms with van der Waals surface area (Å²) in [6.07, 6.45) is 2.88. The van der Waals surface area contributed by atoms with Gasteiger partial charge in [-0.25, -0.2) is 9.97 Å². The van der Waals surface area contributed by atoms with Crippen LogP contribution in [0.15, 0.2) is 122 Å². The minimum Gasteiger partial charge on any atom is -0.652 e. The third kappa shape index (κ3) is 24.4. The molecule has 2 heterocycles. The van der Waals surface area contributed by atoms with Crippen LogP contribution in [0.4, 0.5) is 4.79 Å². The van der Waals surface area contributed by atoms with Crippen molar-refractivity contribution >= 4 is 41.3 Å². The number of aliphatic carboxylic acids is 2. The maximum Gasteiger partial charge on any atom is 1.00 e. The monoisotopic (exact) mass is 1050 g/mol. The number of halogens is 2. The first-order valence-corrected chi connectivity index (χ1v) is 22.2. The summed E-state index contributed by atoms with van der Waals surface area (Å²) in [4.78, 5) is 38.4. The van der Waals surface area contributed by atoms with E-state index in [1.54, 1.807) is 12.1 Å². The van der Waals surface area contributed by atoms with Gasteiger partial charge in [0, 0.05) is 50.2 Å². The van der Waals surface area contributed by atoms with Crippen LogP contribution in [0, 0.1) is 13.8 Å². The van der Waals surface area contributed by atoms with Crippen molar-refractivity contribution in [2.75, 3.05) is 13.2 Å². The number of carboxylic acid groups (broad SMARTS) is 4. The van der Waals surface area contributed by atoms with E-state index in [4.69, 9.17) is 76.8 Å². The van der Waals surface area contributed by atoms with Crippen molar-refractivity contribution in [3.05, 3.63) is 154 Å². The molecule has 70 heavy (non-hydrogen) atoms. The second-order valence-corrected chi connectivity index (χ2v) is 16.0. The number of para-hydroxylation sites is 2. The molecule has 4 aromatic carbocycles. The summed E-state index contributed by atoms with van der Waals surface area (Å²) in [5.41, 5.74) is 4.05. The Balaban J connectivity index is 0.000000434. The van der Waals surface area contributed by atoms with Gasteiger partial charge >= 0.3 is 115 Å². The third-order valence-corrected chi connectivity index (χ3v) is 9.98. The number of carbonyl (C=O) groups excluding carboxylic acids is 1. The standard InChI is InChI=1S/2C25H26ClNO5.CH2O3.2K/c2*1-17-14-22(10-8-19(17)9-11-24(28)29)30-13-12-18(2)31-25-23(15-20(26)16-27-25)32-21-6-4-3-5-7-21;2-1(3)4;;/h2*3-8,10,14-16,18H,9,11-13H2,1-2H3,(H,28,29);(H2,2,3,4);;/q;;;2*+1/p-2/t2*18-;;;/m00.../s1. The quantitative estimate of drug-likeness (QED) is 0.0926. The second-order valence-electron chi connectivity index (χ2n) is 15.1. The molecule has 19 heteroatoms. The number of pyridine rings is 2. The molecule has 6 rings (SSSR count). The summed E-state index contributed by atoms with van der Waals surface area (Å²) in [6.45, 7) is 8.69. The van der Waals surface area contributed by atoms with Gasteiger partial charge in [0.05, 0.1) is 23.3 Å². The molecule has 0 bridgehead atoms. The van der Waals surface area contributed by atoms with Gasteiger partial charge in [-0.3, -0.25) is 9.59 Å². The predicted molar refractivity (Wildman–Crippen MR) is 252 cm³/mol. The van der Waals surface area contributed by atoms with Gasteiger partial charge in [-0.1, -0.05) is 71.7 Å². The van der Waals surface area contributed by atoms with Crippen molar-refractivity contribution in [1.29, 1.82) is 0 Å². The van der Waals surface area contributed by atoms with Gasteiger partial charge in [0.1, 0.15) is 35.2 Å². The number of carboxylic acids is 2. The molecular weight excluding hydrogens is 998 g/mol. The molecule has 0 fully saturated rings. The minimum absolute atomic E-state index is 0. The van der Waals surface area contributed by atoms with Crippen molar-refractivity contribution in [3.63, 3.8) is 0 Å². The van der Waals surface area contributed by atoms with Crippen molar-refractivity contribution in [2.45, 2.75) is 78.4 Å². The van der Waals surface area contributed by atoms with Crippen LogP contribution in [0.3, 0.4) is 0 Å². The largest absolute Gasteiger partial charge is 1.00 e. The SMILES string of the molecule is Cc1cc(OCC[C@H](C)Oc2ncc(Cl)cc2Oc2ccccc2)ccc1CCC(=O)O.Cc1cc(OCC[C@H](C)Oc2ncc(Cl)cc2Oc2ccccc2)ccc1CCC(=O)O.O=C([O-])[O-].[K+].[K+]. The molecule has 0 amide bonds. The number of rotatable bonds is 22. The molecule has 0 aliphatic heterocycles. The smallest absolute Gasteiger partial charge is 0.652 e. The fraction of sp³-hybridized carbons (Fsp3) is 0.275. The average molecular weight is 1050 g/mol. The summed E-state index contributed by atoms with van der Waals surface area (Å²) in [5, 5.41) is 35.3. The number of hydrogen-bond acceptors (Lipinski definition) is 13. The van der Waals surface area contributed by atoms with Crippen LogP contribution >= 0.6 is 23.2 Å². The van der Waals surface area contributed by atoms with Gasteiger partial charge in [-0.15, -0.1) is 0 Å². The predicted octanol–water partition coefficient (Wildman–Crippen LogP) is 3.74. The zero-order valence-corrected chi connectivity index (χ0v) is 47.7. The molecule has 0 radical (unpaired) electrons. The minimum atomic E-state index is -2.33. The molecule has 2 aromatic heterocycles. The molecule has 360 valence electrons. The number of nitrogens with zero attached hydrogens (tertiary/aromatic N) is 2. The molecule has 6 aromatic rings. The Labute approximate surface area is 502 Å². The van der Waals surface area contributed by atoms with Gasteiger partial charge in [-0.2, -0.15) is 0 Å². The fourth-order valence-corrected chi connectivity index (χ4v) is 6.41. The number of aryl methyl sites for hydroxylation is 4. The first-order chi connectivity index (χ1) is 32.5. The topological polar surface area (TPSA) is 219 Å². The van der Waals surface area contributed by atoms with E-state index in [1.807, 2.05) is 125 Å². The summed E-state index contributed by atoms with van der Waals surface area (Å²) in [7, 11) is 0. The Bertz CT molecular complexity index is 2370. The molecule has 2 N–H and O–H groups in total. The van der Waals surface area contributed by atoms with E-state index < -0.39 is 18.1 Å². The number of ether oxygens (including phenoxy) is 6. The summed E-state index contributed by atoms with van der Waals surface area (Å²) < 4.78 is 35.4. The van der Waals surface area contributed by atoms with Crippen LogP contribution < -0.4 is 141 Å². The van der Waals surface area contributed by atoms with Gasteiger partial charge in [0.2, 0.25) is 0 Å². The van der Waals surface area contributed by atoms with Crippen LogP contribution in [0.5, 0.6) is 46.3 Å². The number of carbonyl (C=O) groups is 3. The van der Waals surface area contributed by atoms with Crippen LogP contribution in [0.25, 0.3) is 0 Å². The first-order valence-electron chi connectivity index (χ1n) is 21.4. The normalized spacial score (nSPS) is 10.9. The first kappa shape index (κ1) is 62.2. The van der Waals surface area contributed by atoms with E-state index in [0.29, 0.717) is 83.7 Å². The van der Waals surface area contributed by atoms with E-state index in [1.165, 1.54) is 12.4 Å². The fourth-order valence-electron chi connectivity index (χ4n) is 6.12. The Morgan fingerprint density at radius 3 is 1.26 bits per heavy atom. The van der Waals surface area contributed by atoms with Gasteiger partial charge in [0.25, 0.3) is 11.8 Å². The van der Waals surface area contributed by atoms with E-state index in [-0.39, 0.29) is 128 Å². The van der Waals surface area contributed by atoms with Crippen molar-refractivity contribution in [2.24, 2.45) is 0 Å². The van der Waals surface area contributed by atoms with Crippen LogP contribution in [-0.4, -0.2) is 63.7 Å². The summed E-state index contributed by atoms with van der Waals surface area (Å²) >= 11 is 12.2. The van der Waals surface area contributed by atoms with Crippen molar-refractivity contribution in [3.8, 4) is 46.3 Å². The number of benzene rings is 4. The average Bonchev–Trinajstić information content (AvgIpc) is 3.28. The van der Waals surface area contributed by atoms with Crippen LogP contribution in [0.1, 0.15) is 61.8 Å². The van der Waals surface area contributed by atoms with E-state index >= 15 is 0 Å². The zero-order valence-electron chi connectivity index (χ0n) is 39.9. The molecule has 2 atom stereocenters. The molecule has 15 nitrogen and oxygen atoms in total. The molecular formula is C51H52Cl2K2N2O13. The van der Waals surface area contributed by atoms with E-state index in [2.05, 4.69) is 9.97 Å². The molecule has 0 aliphatic rings. The summed E-state index contributed by atoms with van der Waals surface area (Å²) in [6, 6.07) is 33.5. The molecule has 0 saturated carbocycles. The second kappa shape index (κ2) is 33.6. The maximum absolute atomic E-state index is 10.8. The van der Waals surface area contributed by atoms with Crippen molar-refractivity contribution in [1.82, 2.24) is 9.97 Å². The molecule has 0 saturated heterocycles. The Kier molecular flexibility index (Phi) is 29.9. The van der Waals surface area contributed by atoms with Gasteiger partial charge in [0.15, 0.2) is 11.5 Å². The Morgan fingerprint density at radius 2 is 0.929 bits per heavy atom. The molecule has 0 spiro atoms. The van der Waals surface area contributed by atoms with E-state index in [9.17, 15) is 9.59 Å². The third-order valence-electron chi connectivity index (χ3n) is 9.57. The van der Waals surface area contributed by atoms with Crippen molar-refractivity contribution < 1.29 is 166 Å². The van der Waals surface area contributed by atoms with E-state index in [0.717, 1.165) is 33.8 Å². The molecule has 0 unspecified atom stereocenters. The summed E-state index contributed by atoms with van der Waals surface area (Å²) in [5.74, 6) is 2.84. The zero-order chi connectivity index (χ0) is 49.4. The Morgan fingerprint density at radius 1 is 0.571 bits per heavy atom. The van der Waals surface area contributed by atoms with Crippen LogP contribution in [-0.2, 0) is 22.4 Å². The number of aromatic nitrogens is 2. The Hall–Kier alpha value is -3.96. The molecule has 0 aliphatic carbocycles. The number of hydrogen-bond donors (Lipinski definition) is 2. The van der Waals surface area contributed by atoms with Crippen LogP contribution in [0.2, 0.25) is 10.0 Å². The van der Waals surface area contributed by atoms with Gasteiger partial charge in [-0.05, 0) is 117 Å². The maximum atomic E-state index is 10.8. The van der Waals surface area contributed by atoms with Gasteiger partial charge < -0.3 is 53.6 Å².